The standard InChI is InChI=1S/C8H3BrClFN2O/c9-4-2-1-3-6(5(4)11)12-8(10)13-7(3)14/h1-2H,(H,12,13,14). The van der Waals surface area contributed by atoms with Crippen LogP contribution in [-0.4, -0.2) is 9.97 Å². The molecule has 0 atom stereocenters. The molecule has 1 N–H and O–H groups in total. The van der Waals surface area contributed by atoms with Crippen molar-refractivity contribution in [3.63, 3.8) is 0 Å². The smallest absolute Gasteiger partial charge is 0.259 e. The van der Waals surface area contributed by atoms with E-state index in [9.17, 15) is 9.18 Å². The van der Waals surface area contributed by atoms with Crippen LogP contribution < -0.4 is 5.56 Å². The Morgan fingerprint density at radius 2 is 2.21 bits per heavy atom. The second-order valence-electron chi connectivity index (χ2n) is 2.61. The van der Waals surface area contributed by atoms with Crippen LogP contribution in [-0.2, 0) is 0 Å². The van der Waals surface area contributed by atoms with Crippen LogP contribution in [0.4, 0.5) is 4.39 Å². The Labute approximate surface area is 91.1 Å². The highest BCUT2D eigenvalue weighted by atomic mass is 79.9. The molecule has 3 nitrogen and oxygen atoms in total. The van der Waals surface area contributed by atoms with Crippen molar-refractivity contribution in [3.05, 3.63) is 38.1 Å². The first-order valence-electron chi connectivity index (χ1n) is 3.63. The molecule has 1 heterocycles. The van der Waals surface area contributed by atoms with Gasteiger partial charge in [-0.15, -0.1) is 0 Å². The monoisotopic (exact) mass is 276 g/mol. The van der Waals surface area contributed by atoms with Gasteiger partial charge >= 0.3 is 0 Å². The third-order valence-corrected chi connectivity index (χ3v) is 2.53. The lowest BCUT2D eigenvalue weighted by Crippen LogP contribution is -2.08. The molecule has 0 unspecified atom stereocenters. The van der Waals surface area contributed by atoms with Crippen molar-refractivity contribution in [2.75, 3.05) is 0 Å². The maximum Gasteiger partial charge on any atom is 0.259 e. The zero-order valence-electron chi connectivity index (χ0n) is 6.64. The zero-order chi connectivity index (χ0) is 10.3. The van der Waals surface area contributed by atoms with Gasteiger partial charge in [0, 0.05) is 0 Å². The topological polar surface area (TPSA) is 45.8 Å². The molecule has 6 heteroatoms. The highest BCUT2D eigenvalue weighted by Crippen LogP contribution is 2.21. The molecule has 0 aliphatic rings. The van der Waals surface area contributed by atoms with Crippen molar-refractivity contribution < 1.29 is 4.39 Å². The minimum Gasteiger partial charge on any atom is -0.297 e. The molecule has 0 amide bonds. The molecule has 0 bridgehead atoms. The number of H-pyrrole nitrogens is 1. The average molecular weight is 277 g/mol. The molecule has 1 aromatic heterocycles. The van der Waals surface area contributed by atoms with E-state index >= 15 is 0 Å². The molecule has 0 aliphatic heterocycles. The molecular formula is C8H3BrClFN2O. The number of aromatic nitrogens is 2. The minimum atomic E-state index is -0.588. The van der Waals surface area contributed by atoms with Gasteiger partial charge in [-0.05, 0) is 39.7 Å². The molecular weight excluding hydrogens is 274 g/mol. The van der Waals surface area contributed by atoms with Crippen LogP contribution in [0, 0.1) is 5.82 Å². The number of fused-ring (bicyclic) bond motifs is 1. The number of nitrogens with one attached hydrogen (secondary N) is 1. The Morgan fingerprint density at radius 1 is 1.50 bits per heavy atom. The van der Waals surface area contributed by atoms with Crippen molar-refractivity contribution in [1.29, 1.82) is 0 Å². The number of halogens is 3. The van der Waals surface area contributed by atoms with Crippen LogP contribution in [0.5, 0.6) is 0 Å². The molecule has 14 heavy (non-hydrogen) atoms. The maximum absolute atomic E-state index is 13.4. The van der Waals surface area contributed by atoms with Crippen LogP contribution in [0.25, 0.3) is 10.9 Å². The van der Waals surface area contributed by atoms with Crippen molar-refractivity contribution >= 4 is 38.4 Å². The van der Waals surface area contributed by atoms with Gasteiger partial charge in [0.25, 0.3) is 5.56 Å². The first kappa shape index (κ1) is 9.61. The van der Waals surface area contributed by atoms with E-state index in [0.29, 0.717) is 0 Å². The van der Waals surface area contributed by atoms with Crippen LogP contribution in [0.15, 0.2) is 21.4 Å². The quantitative estimate of drug-likeness (QED) is 0.752. The maximum atomic E-state index is 13.4. The third-order valence-electron chi connectivity index (χ3n) is 1.74. The van der Waals surface area contributed by atoms with Gasteiger partial charge < -0.3 is 0 Å². The highest BCUT2D eigenvalue weighted by Gasteiger charge is 2.09. The molecule has 0 spiro atoms. The van der Waals surface area contributed by atoms with E-state index in [1.807, 2.05) is 0 Å². The van der Waals surface area contributed by atoms with Crippen LogP contribution in [0.2, 0.25) is 5.28 Å². The lowest BCUT2D eigenvalue weighted by molar-refractivity contribution is 0.630. The van der Waals surface area contributed by atoms with Crippen molar-refractivity contribution in [2.45, 2.75) is 0 Å². The molecule has 0 saturated heterocycles. The van der Waals surface area contributed by atoms with Crippen molar-refractivity contribution in [2.24, 2.45) is 0 Å². The molecule has 2 aromatic rings. The second-order valence-corrected chi connectivity index (χ2v) is 3.83. The summed E-state index contributed by atoms with van der Waals surface area (Å²) in [7, 11) is 0. The Hall–Kier alpha value is -0.940. The number of hydrogen-bond donors (Lipinski definition) is 1. The molecule has 0 fully saturated rings. The zero-order valence-corrected chi connectivity index (χ0v) is 8.99. The fourth-order valence-electron chi connectivity index (χ4n) is 1.12. The number of aromatic amines is 1. The lowest BCUT2D eigenvalue weighted by Gasteiger charge is -1.99. The lowest BCUT2D eigenvalue weighted by atomic mass is 10.2. The third kappa shape index (κ3) is 1.42. The minimum absolute atomic E-state index is 0.0341. The highest BCUT2D eigenvalue weighted by molar-refractivity contribution is 9.10. The molecule has 72 valence electrons. The van der Waals surface area contributed by atoms with Gasteiger partial charge in [0.1, 0.15) is 5.52 Å². The first-order valence-corrected chi connectivity index (χ1v) is 4.80. The molecule has 0 saturated carbocycles. The summed E-state index contributed by atoms with van der Waals surface area (Å²) < 4.78 is 13.7. The van der Waals surface area contributed by atoms with Crippen molar-refractivity contribution in [1.82, 2.24) is 9.97 Å². The van der Waals surface area contributed by atoms with Crippen LogP contribution in [0.1, 0.15) is 0 Å². The van der Waals surface area contributed by atoms with E-state index in [0.717, 1.165) is 0 Å². The fraction of sp³-hybridized carbons (Fsp3) is 0. The summed E-state index contributed by atoms with van der Waals surface area (Å²) in [6, 6.07) is 2.92. The van der Waals surface area contributed by atoms with Gasteiger partial charge in [-0.1, -0.05) is 0 Å². The van der Waals surface area contributed by atoms with E-state index in [1.165, 1.54) is 12.1 Å². The SMILES string of the molecule is O=c1[nH]c(Cl)nc2c(F)c(Br)ccc12. The average Bonchev–Trinajstić information content (AvgIpc) is 2.12. The van der Waals surface area contributed by atoms with Crippen molar-refractivity contribution in [3.8, 4) is 0 Å². The Balaban J connectivity index is 3.03. The van der Waals surface area contributed by atoms with E-state index < -0.39 is 11.4 Å². The van der Waals surface area contributed by atoms with E-state index in [1.54, 1.807) is 0 Å². The van der Waals surface area contributed by atoms with Crippen LogP contribution >= 0.6 is 27.5 Å². The molecule has 1 aromatic carbocycles. The number of nitrogens with zero attached hydrogens (tertiary/aromatic N) is 1. The number of benzene rings is 1. The van der Waals surface area contributed by atoms with Gasteiger partial charge in [-0.25, -0.2) is 9.37 Å². The van der Waals surface area contributed by atoms with Crippen LogP contribution in [0.3, 0.4) is 0 Å². The fourth-order valence-corrected chi connectivity index (χ4v) is 1.61. The summed E-state index contributed by atoms with van der Waals surface area (Å²) in [5.74, 6) is -0.588. The summed E-state index contributed by atoms with van der Waals surface area (Å²) in [6.45, 7) is 0. The Morgan fingerprint density at radius 3 is 2.93 bits per heavy atom. The Kier molecular flexibility index (Phi) is 2.28. The predicted molar refractivity (Wildman–Crippen MR) is 55.0 cm³/mol. The van der Waals surface area contributed by atoms with Gasteiger partial charge in [-0.3, -0.25) is 9.78 Å². The Bertz CT molecular complexity index is 569. The second kappa shape index (κ2) is 3.33. The summed E-state index contributed by atoms with van der Waals surface area (Å²) in [5, 5.41) is 0.0506. The van der Waals surface area contributed by atoms with E-state index in [4.69, 9.17) is 11.6 Å². The van der Waals surface area contributed by atoms with Gasteiger partial charge in [0.2, 0.25) is 5.28 Å². The van der Waals surface area contributed by atoms with E-state index in [-0.39, 0.29) is 20.7 Å². The first-order chi connectivity index (χ1) is 6.59. The van der Waals surface area contributed by atoms with Gasteiger partial charge in [0.05, 0.1) is 9.86 Å². The van der Waals surface area contributed by atoms with Gasteiger partial charge in [0.15, 0.2) is 5.82 Å². The summed E-state index contributed by atoms with van der Waals surface area (Å²) in [4.78, 5) is 17.3. The van der Waals surface area contributed by atoms with Gasteiger partial charge in [-0.2, -0.15) is 0 Å². The number of hydrogen-bond acceptors (Lipinski definition) is 2. The summed E-state index contributed by atoms with van der Waals surface area (Å²) in [5.41, 5.74) is -0.487. The summed E-state index contributed by atoms with van der Waals surface area (Å²) >= 11 is 8.49. The molecule has 2 rings (SSSR count). The largest absolute Gasteiger partial charge is 0.297 e. The molecule has 0 radical (unpaired) electrons. The normalized spacial score (nSPS) is 10.8. The molecule has 0 aliphatic carbocycles. The predicted octanol–water partition coefficient (Wildman–Crippen LogP) is 2.48. The van der Waals surface area contributed by atoms with E-state index in [2.05, 4.69) is 25.9 Å². The summed E-state index contributed by atoms with van der Waals surface area (Å²) in [6.07, 6.45) is 0. The number of rotatable bonds is 0.